The van der Waals surface area contributed by atoms with E-state index < -0.39 is 6.61 Å². The third kappa shape index (κ3) is 4.92. The molecule has 1 aromatic heterocycles. The summed E-state index contributed by atoms with van der Waals surface area (Å²) in [4.78, 5) is 0. The van der Waals surface area contributed by atoms with E-state index in [4.69, 9.17) is 10.5 Å². The van der Waals surface area contributed by atoms with Crippen molar-refractivity contribution in [3.63, 3.8) is 0 Å². The molecule has 1 aromatic carbocycles. The quantitative estimate of drug-likeness (QED) is 0.818. The van der Waals surface area contributed by atoms with Crippen LogP contribution in [0.5, 0.6) is 5.88 Å². The lowest BCUT2D eigenvalue weighted by atomic mass is 9.86. The van der Waals surface area contributed by atoms with Gasteiger partial charge in [0.05, 0.1) is 18.8 Å². The number of nitrogens with zero attached hydrogens (tertiary/aromatic N) is 2. The van der Waals surface area contributed by atoms with Crippen molar-refractivity contribution in [1.29, 1.82) is 0 Å². The molecule has 2 aromatic rings. The molecule has 1 aliphatic carbocycles. The number of aromatic nitrogens is 2. The molecule has 1 saturated carbocycles. The molecule has 7 heteroatoms. The fourth-order valence-corrected chi connectivity index (χ4v) is 3.25. The van der Waals surface area contributed by atoms with Gasteiger partial charge in [0.15, 0.2) is 0 Å². The molecule has 0 atom stereocenters. The van der Waals surface area contributed by atoms with Crippen molar-refractivity contribution in [2.24, 2.45) is 5.92 Å². The van der Waals surface area contributed by atoms with Gasteiger partial charge >= 0.3 is 6.61 Å². The molecule has 1 fully saturated rings. The molecule has 3 rings (SSSR count). The molecule has 0 saturated heterocycles. The second-order valence-electron chi connectivity index (χ2n) is 6.42. The van der Waals surface area contributed by atoms with Crippen LogP contribution in [0.2, 0.25) is 0 Å². The highest BCUT2D eigenvalue weighted by Gasteiger charge is 2.24. The largest absolute Gasteiger partial charge is 0.413 e. The zero-order valence-corrected chi connectivity index (χ0v) is 14.0. The van der Waals surface area contributed by atoms with Crippen LogP contribution in [0.15, 0.2) is 36.5 Å². The monoisotopic (exact) mass is 351 g/mol. The lowest BCUT2D eigenvalue weighted by Crippen LogP contribution is -2.21. The maximum Gasteiger partial charge on any atom is 0.388 e. The van der Waals surface area contributed by atoms with Gasteiger partial charge in [-0.15, -0.1) is 5.10 Å². The van der Waals surface area contributed by atoms with Gasteiger partial charge in [0.1, 0.15) is 5.69 Å². The SMILES string of the molecule is Nc1cn([C@H]2CC[C@H](COCc3ccccc3)CC2)nc1OC(F)F. The highest BCUT2D eigenvalue weighted by Crippen LogP contribution is 2.34. The Kier molecular flexibility index (Phi) is 5.86. The van der Waals surface area contributed by atoms with Gasteiger partial charge in [0.2, 0.25) is 0 Å². The lowest BCUT2D eigenvalue weighted by Gasteiger charge is -2.28. The Labute approximate surface area is 145 Å². The van der Waals surface area contributed by atoms with E-state index in [-0.39, 0.29) is 17.6 Å². The first-order chi connectivity index (χ1) is 12.1. The summed E-state index contributed by atoms with van der Waals surface area (Å²) in [7, 11) is 0. The van der Waals surface area contributed by atoms with Crippen LogP contribution in [-0.4, -0.2) is 23.0 Å². The lowest BCUT2D eigenvalue weighted by molar-refractivity contribution is -0.0529. The normalized spacial score (nSPS) is 20.8. The van der Waals surface area contributed by atoms with Crippen molar-refractivity contribution in [3.05, 3.63) is 42.1 Å². The van der Waals surface area contributed by atoms with Crippen LogP contribution >= 0.6 is 0 Å². The zero-order valence-electron chi connectivity index (χ0n) is 14.0. The molecule has 0 radical (unpaired) electrons. The Bertz CT molecular complexity index is 656. The number of nitrogen functional groups attached to an aromatic ring is 1. The van der Waals surface area contributed by atoms with Gasteiger partial charge in [-0.3, -0.25) is 4.68 Å². The second-order valence-corrected chi connectivity index (χ2v) is 6.42. The minimum absolute atomic E-state index is 0.147. The van der Waals surface area contributed by atoms with Crippen molar-refractivity contribution >= 4 is 5.69 Å². The van der Waals surface area contributed by atoms with Gasteiger partial charge in [-0.25, -0.2) is 0 Å². The Morgan fingerprint density at radius 1 is 1.16 bits per heavy atom. The molecule has 0 bridgehead atoms. The van der Waals surface area contributed by atoms with E-state index in [1.165, 1.54) is 5.56 Å². The molecule has 0 amide bonds. The van der Waals surface area contributed by atoms with Crippen LogP contribution < -0.4 is 10.5 Å². The van der Waals surface area contributed by atoms with E-state index in [1.54, 1.807) is 10.9 Å². The number of benzene rings is 1. The fraction of sp³-hybridized carbons (Fsp3) is 0.500. The predicted molar refractivity (Wildman–Crippen MR) is 90.4 cm³/mol. The summed E-state index contributed by atoms with van der Waals surface area (Å²) in [6.45, 7) is -1.55. The number of ether oxygens (including phenoxy) is 2. The summed E-state index contributed by atoms with van der Waals surface area (Å²) in [5.41, 5.74) is 7.01. The first kappa shape index (κ1) is 17.7. The maximum absolute atomic E-state index is 12.3. The Morgan fingerprint density at radius 2 is 1.88 bits per heavy atom. The van der Waals surface area contributed by atoms with Crippen LogP contribution in [0.3, 0.4) is 0 Å². The standard InChI is InChI=1S/C18H23F2N3O2/c19-18(20)25-17-16(21)10-23(22-17)15-8-6-14(7-9-15)12-24-11-13-4-2-1-3-5-13/h1-5,10,14-15,18H,6-9,11-12,21H2/t14-,15-. The van der Waals surface area contributed by atoms with Crippen molar-refractivity contribution < 1.29 is 18.3 Å². The van der Waals surface area contributed by atoms with E-state index in [9.17, 15) is 8.78 Å². The number of hydrogen-bond donors (Lipinski definition) is 1. The number of halogens is 2. The van der Waals surface area contributed by atoms with Crippen molar-refractivity contribution in [2.75, 3.05) is 12.3 Å². The average molecular weight is 351 g/mol. The molecule has 25 heavy (non-hydrogen) atoms. The minimum Gasteiger partial charge on any atom is -0.413 e. The van der Waals surface area contributed by atoms with Crippen LogP contribution in [0, 0.1) is 5.92 Å². The Morgan fingerprint density at radius 3 is 2.56 bits per heavy atom. The second kappa shape index (κ2) is 8.29. The molecule has 2 N–H and O–H groups in total. The number of hydrogen-bond acceptors (Lipinski definition) is 4. The minimum atomic E-state index is -2.91. The van der Waals surface area contributed by atoms with E-state index in [2.05, 4.69) is 22.0 Å². The van der Waals surface area contributed by atoms with E-state index in [0.29, 0.717) is 12.5 Å². The topological polar surface area (TPSA) is 62.3 Å². The summed E-state index contributed by atoms with van der Waals surface area (Å²) in [5, 5.41) is 4.06. The summed E-state index contributed by atoms with van der Waals surface area (Å²) in [6.07, 6.45) is 5.46. The molecule has 136 valence electrons. The smallest absolute Gasteiger partial charge is 0.388 e. The van der Waals surface area contributed by atoms with Crippen molar-refractivity contribution in [2.45, 2.75) is 44.9 Å². The summed E-state index contributed by atoms with van der Waals surface area (Å²) < 4.78 is 36.4. The zero-order chi connectivity index (χ0) is 17.6. The number of rotatable bonds is 7. The summed E-state index contributed by atoms with van der Waals surface area (Å²) >= 11 is 0. The van der Waals surface area contributed by atoms with E-state index in [1.807, 2.05) is 18.2 Å². The van der Waals surface area contributed by atoms with Crippen LogP contribution in [0.1, 0.15) is 37.3 Å². The van der Waals surface area contributed by atoms with Gasteiger partial charge in [-0.2, -0.15) is 8.78 Å². The van der Waals surface area contributed by atoms with Gasteiger partial charge in [-0.05, 0) is 37.2 Å². The fourth-order valence-electron chi connectivity index (χ4n) is 3.25. The molecule has 0 aliphatic heterocycles. The molecular weight excluding hydrogens is 328 g/mol. The predicted octanol–water partition coefficient (Wildman–Crippen LogP) is 4.01. The summed E-state index contributed by atoms with van der Waals surface area (Å²) in [5.74, 6) is 0.327. The summed E-state index contributed by atoms with van der Waals surface area (Å²) in [6, 6.07) is 10.3. The Hall–Kier alpha value is -2.15. The first-order valence-electron chi connectivity index (χ1n) is 8.53. The van der Waals surface area contributed by atoms with Gasteiger partial charge in [0, 0.05) is 6.61 Å². The van der Waals surface area contributed by atoms with Crippen LogP contribution in [0.25, 0.3) is 0 Å². The third-order valence-corrected chi connectivity index (χ3v) is 4.58. The molecule has 0 spiro atoms. The maximum atomic E-state index is 12.3. The van der Waals surface area contributed by atoms with E-state index >= 15 is 0 Å². The van der Waals surface area contributed by atoms with Gasteiger partial charge in [0.25, 0.3) is 5.88 Å². The number of anilines is 1. The van der Waals surface area contributed by atoms with E-state index in [0.717, 1.165) is 32.3 Å². The highest BCUT2D eigenvalue weighted by molar-refractivity contribution is 5.46. The molecule has 0 unspecified atom stereocenters. The first-order valence-corrected chi connectivity index (χ1v) is 8.53. The Balaban J connectivity index is 1.44. The molecule has 1 heterocycles. The van der Waals surface area contributed by atoms with Crippen molar-refractivity contribution in [3.8, 4) is 5.88 Å². The van der Waals surface area contributed by atoms with Crippen molar-refractivity contribution in [1.82, 2.24) is 9.78 Å². The third-order valence-electron chi connectivity index (χ3n) is 4.58. The van der Waals surface area contributed by atoms with Crippen LogP contribution in [-0.2, 0) is 11.3 Å². The average Bonchev–Trinajstić information content (AvgIpc) is 2.96. The van der Waals surface area contributed by atoms with Gasteiger partial charge < -0.3 is 15.2 Å². The molecular formula is C18H23F2N3O2. The molecule has 5 nitrogen and oxygen atoms in total. The highest BCUT2D eigenvalue weighted by atomic mass is 19.3. The number of alkyl halides is 2. The van der Waals surface area contributed by atoms with Crippen LogP contribution in [0.4, 0.5) is 14.5 Å². The number of nitrogens with two attached hydrogens (primary N) is 1. The molecule has 1 aliphatic rings. The van der Waals surface area contributed by atoms with Gasteiger partial charge in [-0.1, -0.05) is 30.3 Å².